The lowest BCUT2D eigenvalue weighted by Gasteiger charge is -2.26. The number of carbonyl (C=O) groups is 1. The number of morpholine rings is 1. The van der Waals surface area contributed by atoms with Gasteiger partial charge in [-0.15, -0.1) is 0 Å². The largest absolute Gasteiger partial charge is 0.379 e. The highest BCUT2D eigenvalue weighted by Gasteiger charge is 2.19. The van der Waals surface area contributed by atoms with E-state index in [1.807, 2.05) is 18.3 Å². The Morgan fingerprint density at radius 2 is 1.79 bits per heavy atom. The van der Waals surface area contributed by atoms with Crippen LogP contribution >= 0.6 is 0 Å². The van der Waals surface area contributed by atoms with E-state index >= 15 is 0 Å². The Morgan fingerprint density at radius 1 is 1.03 bits per heavy atom. The van der Waals surface area contributed by atoms with E-state index in [-0.39, 0.29) is 5.69 Å². The summed E-state index contributed by atoms with van der Waals surface area (Å²) < 4.78 is 33.2. The first-order valence-corrected chi connectivity index (χ1v) is 10.4. The molecule has 33 heavy (non-hydrogen) atoms. The fraction of sp³-hybridized carbons (Fsp3) is 0.217. The van der Waals surface area contributed by atoms with Crippen LogP contribution in [0.2, 0.25) is 0 Å². The molecule has 1 fully saturated rings. The van der Waals surface area contributed by atoms with E-state index in [0.29, 0.717) is 10.9 Å². The van der Waals surface area contributed by atoms with Crippen molar-refractivity contribution in [2.45, 2.75) is 6.54 Å². The molecule has 0 aliphatic carbocycles. The van der Waals surface area contributed by atoms with Crippen LogP contribution in [0.25, 0.3) is 22.0 Å². The summed E-state index contributed by atoms with van der Waals surface area (Å²) in [5, 5.41) is 9.61. The number of benzene rings is 1. The van der Waals surface area contributed by atoms with Crippen molar-refractivity contribution >= 4 is 22.5 Å². The van der Waals surface area contributed by atoms with Gasteiger partial charge in [0.1, 0.15) is 5.69 Å². The van der Waals surface area contributed by atoms with Gasteiger partial charge in [0.15, 0.2) is 17.3 Å². The molecule has 5 rings (SSSR count). The third kappa shape index (κ3) is 4.43. The van der Waals surface area contributed by atoms with Crippen LogP contribution in [0.5, 0.6) is 0 Å². The van der Waals surface area contributed by atoms with Crippen molar-refractivity contribution < 1.29 is 18.3 Å². The summed E-state index contributed by atoms with van der Waals surface area (Å²) in [6, 6.07) is 7.57. The first kappa shape index (κ1) is 21.1. The van der Waals surface area contributed by atoms with Gasteiger partial charge in [-0.1, -0.05) is 6.07 Å². The molecule has 4 heterocycles. The quantitative estimate of drug-likeness (QED) is 0.484. The number of halogens is 2. The predicted molar refractivity (Wildman–Crippen MR) is 118 cm³/mol. The number of fused-ring (bicyclic) bond motifs is 1. The smallest absolute Gasteiger partial charge is 0.276 e. The van der Waals surface area contributed by atoms with Crippen molar-refractivity contribution in [1.82, 2.24) is 25.1 Å². The minimum Gasteiger partial charge on any atom is -0.379 e. The molecule has 168 valence electrons. The second kappa shape index (κ2) is 9.00. The first-order valence-electron chi connectivity index (χ1n) is 10.4. The number of anilines is 1. The zero-order chi connectivity index (χ0) is 22.8. The normalized spacial score (nSPS) is 14.5. The number of hydrogen-bond acceptors (Lipinski definition) is 6. The third-order valence-electron chi connectivity index (χ3n) is 5.51. The maximum atomic E-state index is 13.9. The predicted octanol–water partition coefficient (Wildman–Crippen LogP) is 3.38. The maximum Gasteiger partial charge on any atom is 0.276 e. The molecule has 0 saturated carbocycles. The Labute approximate surface area is 187 Å². The molecule has 1 aromatic carbocycles. The molecular formula is C23H20F2N6O2. The zero-order valence-electron chi connectivity index (χ0n) is 17.5. The highest BCUT2D eigenvalue weighted by atomic mass is 19.1. The topological polar surface area (TPSA) is 96.0 Å². The van der Waals surface area contributed by atoms with Crippen molar-refractivity contribution in [1.29, 1.82) is 0 Å². The highest BCUT2D eigenvalue weighted by Crippen LogP contribution is 2.27. The monoisotopic (exact) mass is 450 g/mol. The minimum absolute atomic E-state index is 0.0277. The van der Waals surface area contributed by atoms with E-state index in [0.717, 1.165) is 61.9 Å². The van der Waals surface area contributed by atoms with Crippen LogP contribution in [0.15, 0.2) is 49.1 Å². The van der Waals surface area contributed by atoms with Gasteiger partial charge in [0.05, 0.1) is 31.1 Å². The lowest BCUT2D eigenvalue weighted by Crippen LogP contribution is -2.35. The van der Waals surface area contributed by atoms with Gasteiger partial charge in [-0.2, -0.15) is 5.10 Å². The summed E-state index contributed by atoms with van der Waals surface area (Å²) in [4.78, 5) is 22.8. The summed E-state index contributed by atoms with van der Waals surface area (Å²) in [5.74, 6) is -2.67. The SMILES string of the molecule is O=C(Nc1c(F)cncc1F)c1n[nH]c2ccc(-c3cncc(CN4CCOCC4)c3)cc12. The van der Waals surface area contributed by atoms with E-state index in [1.54, 1.807) is 12.3 Å². The summed E-state index contributed by atoms with van der Waals surface area (Å²) >= 11 is 0. The number of rotatable bonds is 5. The number of nitrogens with one attached hydrogen (secondary N) is 2. The van der Waals surface area contributed by atoms with Crippen molar-refractivity contribution in [2.75, 3.05) is 31.6 Å². The molecule has 1 amide bonds. The van der Waals surface area contributed by atoms with Crippen molar-refractivity contribution in [3.63, 3.8) is 0 Å². The van der Waals surface area contributed by atoms with Crippen LogP contribution < -0.4 is 5.32 Å². The van der Waals surface area contributed by atoms with E-state index in [4.69, 9.17) is 4.74 Å². The third-order valence-corrected chi connectivity index (χ3v) is 5.51. The molecule has 1 aliphatic rings. The molecule has 0 radical (unpaired) electrons. The summed E-state index contributed by atoms with van der Waals surface area (Å²) in [6.45, 7) is 3.98. The number of carbonyl (C=O) groups excluding carboxylic acids is 1. The van der Waals surface area contributed by atoms with Crippen molar-refractivity contribution in [3.05, 3.63) is 71.9 Å². The summed E-state index contributed by atoms with van der Waals surface area (Å²) in [7, 11) is 0. The fourth-order valence-electron chi connectivity index (χ4n) is 3.82. The summed E-state index contributed by atoms with van der Waals surface area (Å²) in [6.07, 6.45) is 5.25. The van der Waals surface area contributed by atoms with Crippen molar-refractivity contribution in [2.24, 2.45) is 0 Å². The number of aromatic amines is 1. The van der Waals surface area contributed by atoms with Crippen LogP contribution in [0, 0.1) is 11.6 Å². The number of nitrogens with zero attached hydrogens (tertiary/aromatic N) is 4. The van der Waals surface area contributed by atoms with Gasteiger partial charge in [0, 0.05) is 43.0 Å². The molecule has 0 atom stereocenters. The Morgan fingerprint density at radius 3 is 2.58 bits per heavy atom. The van der Waals surface area contributed by atoms with E-state index in [2.05, 4.69) is 36.4 Å². The van der Waals surface area contributed by atoms with E-state index in [1.165, 1.54) is 0 Å². The van der Waals surface area contributed by atoms with Crippen LogP contribution in [0.4, 0.5) is 14.5 Å². The second-order valence-corrected chi connectivity index (χ2v) is 7.74. The average Bonchev–Trinajstić information content (AvgIpc) is 3.26. The molecular weight excluding hydrogens is 430 g/mol. The molecule has 0 bridgehead atoms. The molecule has 3 aromatic heterocycles. The van der Waals surface area contributed by atoms with Gasteiger partial charge in [0.2, 0.25) is 0 Å². The Hall–Kier alpha value is -3.76. The van der Waals surface area contributed by atoms with E-state index < -0.39 is 23.2 Å². The van der Waals surface area contributed by atoms with E-state index in [9.17, 15) is 13.6 Å². The standard InChI is InChI=1S/C23H20F2N6O2/c24-18-11-27-12-19(25)22(18)28-23(32)21-17-8-15(1-2-20(17)29-30-21)16-7-14(9-26-10-16)13-31-3-5-33-6-4-31/h1-2,7-12H,3-6,13H2,(H,29,30)(H,27,28,32). The van der Waals surface area contributed by atoms with Gasteiger partial charge in [-0.25, -0.2) is 8.78 Å². The van der Waals surface area contributed by atoms with Gasteiger partial charge in [-0.05, 0) is 29.3 Å². The molecule has 8 nitrogen and oxygen atoms in total. The van der Waals surface area contributed by atoms with Crippen LogP contribution in [-0.2, 0) is 11.3 Å². The molecule has 0 spiro atoms. The number of hydrogen-bond donors (Lipinski definition) is 2. The number of aromatic nitrogens is 4. The number of pyridine rings is 2. The Bertz CT molecular complexity index is 1300. The fourth-order valence-corrected chi connectivity index (χ4v) is 3.82. The minimum atomic E-state index is -0.966. The molecule has 10 heteroatoms. The lowest BCUT2D eigenvalue weighted by molar-refractivity contribution is 0.0341. The molecule has 1 saturated heterocycles. The molecule has 0 unspecified atom stereocenters. The summed E-state index contributed by atoms with van der Waals surface area (Å²) in [5.41, 5.74) is 2.89. The molecule has 2 N–H and O–H groups in total. The van der Waals surface area contributed by atoms with Gasteiger partial charge >= 0.3 is 0 Å². The number of ether oxygens (including phenoxy) is 1. The Kier molecular flexibility index (Phi) is 5.76. The second-order valence-electron chi connectivity index (χ2n) is 7.74. The number of amides is 1. The highest BCUT2D eigenvalue weighted by molar-refractivity contribution is 6.11. The average molecular weight is 450 g/mol. The Balaban J connectivity index is 1.42. The van der Waals surface area contributed by atoms with Gasteiger partial charge in [-0.3, -0.25) is 24.8 Å². The van der Waals surface area contributed by atoms with Crippen LogP contribution in [0.3, 0.4) is 0 Å². The first-order chi connectivity index (χ1) is 16.1. The van der Waals surface area contributed by atoms with Crippen molar-refractivity contribution in [3.8, 4) is 11.1 Å². The number of H-pyrrole nitrogens is 1. The zero-order valence-corrected chi connectivity index (χ0v) is 17.5. The molecule has 1 aliphatic heterocycles. The molecule has 4 aromatic rings. The lowest BCUT2D eigenvalue weighted by atomic mass is 10.0. The maximum absolute atomic E-state index is 13.9. The van der Waals surface area contributed by atoms with Gasteiger partial charge in [0.25, 0.3) is 5.91 Å². The van der Waals surface area contributed by atoms with Crippen LogP contribution in [-0.4, -0.2) is 57.3 Å². The van der Waals surface area contributed by atoms with Crippen LogP contribution in [0.1, 0.15) is 16.1 Å². The van der Waals surface area contributed by atoms with Gasteiger partial charge < -0.3 is 10.1 Å².